The van der Waals surface area contributed by atoms with E-state index in [2.05, 4.69) is 0 Å². The quantitative estimate of drug-likeness (QED) is 0.794. The van der Waals surface area contributed by atoms with Crippen LogP contribution in [0.3, 0.4) is 0 Å². The summed E-state index contributed by atoms with van der Waals surface area (Å²) in [5.74, 6) is 0. The molecule has 0 spiro atoms. The molecule has 2 N–H and O–H groups in total. The standard InChI is InChI=1S/C13H17NO4S/c15-12-7-14(8-13(12)16)19(17,18)11-5-4-9-2-1-3-10(9)6-11/h4-6,12-13,15-16H,1-3,7-8H2. The molecular weight excluding hydrogens is 266 g/mol. The Morgan fingerprint density at radius 2 is 1.68 bits per heavy atom. The Balaban J connectivity index is 1.93. The molecule has 2 aliphatic rings. The summed E-state index contributed by atoms with van der Waals surface area (Å²) in [6, 6.07) is 5.23. The highest BCUT2D eigenvalue weighted by atomic mass is 32.2. The van der Waals surface area contributed by atoms with Gasteiger partial charge in [-0.15, -0.1) is 0 Å². The Morgan fingerprint density at radius 3 is 2.37 bits per heavy atom. The van der Waals surface area contributed by atoms with Gasteiger partial charge in [-0.2, -0.15) is 4.31 Å². The summed E-state index contributed by atoms with van der Waals surface area (Å²) < 4.78 is 26.0. The Morgan fingerprint density at radius 1 is 1.05 bits per heavy atom. The van der Waals surface area contributed by atoms with E-state index < -0.39 is 22.2 Å². The van der Waals surface area contributed by atoms with Gasteiger partial charge < -0.3 is 10.2 Å². The molecule has 1 aliphatic heterocycles. The molecule has 0 bridgehead atoms. The highest BCUT2D eigenvalue weighted by molar-refractivity contribution is 7.89. The molecule has 19 heavy (non-hydrogen) atoms. The number of hydrogen-bond acceptors (Lipinski definition) is 4. The fraction of sp³-hybridized carbons (Fsp3) is 0.538. The highest BCUT2D eigenvalue weighted by Crippen LogP contribution is 2.27. The average molecular weight is 283 g/mol. The van der Waals surface area contributed by atoms with E-state index >= 15 is 0 Å². The number of hydrogen-bond donors (Lipinski definition) is 2. The summed E-state index contributed by atoms with van der Waals surface area (Å²) in [6.45, 7) is -0.0822. The second-order valence-electron chi connectivity index (χ2n) is 5.24. The minimum atomic E-state index is -3.61. The van der Waals surface area contributed by atoms with E-state index in [0.717, 1.165) is 29.1 Å². The van der Waals surface area contributed by atoms with Gasteiger partial charge in [0, 0.05) is 13.1 Å². The fourth-order valence-electron chi connectivity index (χ4n) is 2.79. The van der Waals surface area contributed by atoms with E-state index in [9.17, 15) is 18.6 Å². The zero-order valence-electron chi connectivity index (χ0n) is 10.5. The number of nitrogens with zero attached hydrogens (tertiary/aromatic N) is 1. The number of sulfonamides is 1. The van der Waals surface area contributed by atoms with Crippen molar-refractivity contribution in [2.75, 3.05) is 13.1 Å². The van der Waals surface area contributed by atoms with Crippen molar-refractivity contribution in [1.82, 2.24) is 4.31 Å². The maximum absolute atomic E-state index is 12.4. The maximum atomic E-state index is 12.4. The molecule has 5 nitrogen and oxygen atoms in total. The number of benzene rings is 1. The van der Waals surface area contributed by atoms with E-state index in [4.69, 9.17) is 0 Å². The number of β-amino-alcohol motifs (C(OH)–C–C–N with tert-alkyl or cyclic N) is 2. The van der Waals surface area contributed by atoms with Gasteiger partial charge in [0.25, 0.3) is 0 Å². The zero-order chi connectivity index (χ0) is 13.6. The van der Waals surface area contributed by atoms with Gasteiger partial charge in [0.1, 0.15) is 0 Å². The number of aliphatic hydroxyl groups is 2. The van der Waals surface area contributed by atoms with E-state index in [-0.39, 0.29) is 18.0 Å². The molecule has 1 fully saturated rings. The predicted molar refractivity (Wildman–Crippen MR) is 69.2 cm³/mol. The summed E-state index contributed by atoms with van der Waals surface area (Å²) in [5.41, 5.74) is 2.32. The lowest BCUT2D eigenvalue weighted by Crippen LogP contribution is -2.30. The van der Waals surface area contributed by atoms with Gasteiger partial charge in [-0.1, -0.05) is 6.07 Å². The van der Waals surface area contributed by atoms with Crippen molar-refractivity contribution in [3.05, 3.63) is 29.3 Å². The van der Waals surface area contributed by atoms with Crippen LogP contribution in [0.2, 0.25) is 0 Å². The lowest BCUT2D eigenvalue weighted by Gasteiger charge is -2.16. The molecule has 0 radical (unpaired) electrons. The molecule has 2 atom stereocenters. The van der Waals surface area contributed by atoms with Crippen molar-refractivity contribution in [3.8, 4) is 0 Å². The van der Waals surface area contributed by atoms with Crippen LogP contribution in [0.25, 0.3) is 0 Å². The summed E-state index contributed by atoms with van der Waals surface area (Å²) in [5, 5.41) is 19.0. The van der Waals surface area contributed by atoms with Crippen LogP contribution in [0.5, 0.6) is 0 Å². The molecule has 1 aromatic carbocycles. The first-order valence-electron chi connectivity index (χ1n) is 6.46. The number of aliphatic hydroxyl groups excluding tert-OH is 2. The van der Waals surface area contributed by atoms with E-state index in [0.29, 0.717) is 0 Å². The van der Waals surface area contributed by atoms with Crippen LogP contribution in [-0.2, 0) is 22.9 Å². The topological polar surface area (TPSA) is 77.8 Å². The lowest BCUT2D eigenvalue weighted by atomic mass is 10.1. The largest absolute Gasteiger partial charge is 0.389 e. The van der Waals surface area contributed by atoms with Crippen LogP contribution in [0.1, 0.15) is 17.5 Å². The fourth-order valence-corrected chi connectivity index (χ4v) is 4.32. The first kappa shape index (κ1) is 13.1. The van der Waals surface area contributed by atoms with Gasteiger partial charge in [-0.25, -0.2) is 8.42 Å². The van der Waals surface area contributed by atoms with Crippen LogP contribution < -0.4 is 0 Å². The van der Waals surface area contributed by atoms with Gasteiger partial charge in [0.05, 0.1) is 17.1 Å². The molecule has 6 heteroatoms. The molecule has 0 saturated carbocycles. The number of rotatable bonds is 2. The first-order chi connectivity index (χ1) is 8.98. The Labute approximate surface area is 112 Å². The summed E-state index contributed by atoms with van der Waals surface area (Å²) in [4.78, 5) is 0.259. The predicted octanol–water partition coefficient (Wildman–Crippen LogP) is -0.0986. The Kier molecular flexibility index (Phi) is 3.13. The van der Waals surface area contributed by atoms with Gasteiger partial charge in [-0.05, 0) is 42.5 Å². The Hall–Kier alpha value is -0.950. The van der Waals surface area contributed by atoms with Crippen molar-refractivity contribution in [2.45, 2.75) is 36.4 Å². The third-order valence-electron chi connectivity index (χ3n) is 3.93. The minimum absolute atomic E-state index is 0.0411. The molecule has 0 aromatic heterocycles. The Bertz CT molecular complexity index is 589. The minimum Gasteiger partial charge on any atom is -0.389 e. The zero-order valence-corrected chi connectivity index (χ0v) is 11.3. The normalized spacial score (nSPS) is 27.7. The third-order valence-corrected chi connectivity index (χ3v) is 5.76. The first-order valence-corrected chi connectivity index (χ1v) is 7.90. The van der Waals surface area contributed by atoms with Gasteiger partial charge in [0.2, 0.25) is 10.0 Å². The summed E-state index contributed by atoms with van der Waals surface area (Å²) in [7, 11) is -3.61. The average Bonchev–Trinajstić information content (AvgIpc) is 2.96. The van der Waals surface area contributed by atoms with Crippen LogP contribution in [0, 0.1) is 0 Å². The monoisotopic (exact) mass is 283 g/mol. The van der Waals surface area contributed by atoms with Crippen LogP contribution in [0.4, 0.5) is 0 Å². The molecule has 104 valence electrons. The van der Waals surface area contributed by atoms with Crippen molar-refractivity contribution in [1.29, 1.82) is 0 Å². The smallest absolute Gasteiger partial charge is 0.243 e. The molecule has 1 saturated heterocycles. The van der Waals surface area contributed by atoms with Crippen molar-refractivity contribution in [2.24, 2.45) is 0 Å². The summed E-state index contributed by atoms with van der Waals surface area (Å²) >= 11 is 0. The molecule has 1 aliphatic carbocycles. The number of fused-ring (bicyclic) bond motifs is 1. The molecule has 1 heterocycles. The van der Waals surface area contributed by atoms with Gasteiger partial charge in [-0.3, -0.25) is 0 Å². The lowest BCUT2D eigenvalue weighted by molar-refractivity contribution is 0.0572. The maximum Gasteiger partial charge on any atom is 0.243 e. The molecule has 2 unspecified atom stereocenters. The molecule has 1 aromatic rings. The molecule has 3 rings (SSSR count). The van der Waals surface area contributed by atoms with Crippen LogP contribution >= 0.6 is 0 Å². The molecule has 0 amide bonds. The molecular formula is C13H17NO4S. The van der Waals surface area contributed by atoms with E-state index in [1.165, 1.54) is 5.56 Å². The number of aryl methyl sites for hydroxylation is 2. The van der Waals surface area contributed by atoms with Gasteiger partial charge >= 0.3 is 0 Å². The second-order valence-corrected chi connectivity index (χ2v) is 7.18. The highest BCUT2D eigenvalue weighted by Gasteiger charge is 2.37. The van der Waals surface area contributed by atoms with Gasteiger partial charge in [0.15, 0.2) is 0 Å². The van der Waals surface area contributed by atoms with Crippen molar-refractivity contribution >= 4 is 10.0 Å². The van der Waals surface area contributed by atoms with Crippen molar-refractivity contribution in [3.63, 3.8) is 0 Å². The van der Waals surface area contributed by atoms with Crippen LogP contribution in [0.15, 0.2) is 23.1 Å². The van der Waals surface area contributed by atoms with Crippen molar-refractivity contribution < 1.29 is 18.6 Å². The SMILES string of the molecule is O=S(=O)(c1ccc2c(c1)CCC2)N1CC(O)C(O)C1. The van der Waals surface area contributed by atoms with Crippen LogP contribution in [-0.4, -0.2) is 48.2 Å². The van der Waals surface area contributed by atoms with E-state index in [1.54, 1.807) is 12.1 Å². The summed E-state index contributed by atoms with van der Waals surface area (Å²) in [6.07, 6.45) is 1.01. The second kappa shape index (κ2) is 4.56. The van der Waals surface area contributed by atoms with E-state index in [1.807, 2.05) is 6.07 Å². The third kappa shape index (κ3) is 2.18.